The molecule has 1 aromatic heterocycles. The van der Waals surface area contributed by atoms with Gasteiger partial charge >= 0.3 is 6.03 Å². The van der Waals surface area contributed by atoms with Crippen LogP contribution in [0.1, 0.15) is 0 Å². The number of rotatable bonds is 1. The number of morpholine rings is 1. The number of aromatic nitrogens is 1. The molecule has 2 heterocycles. The molecule has 0 spiro atoms. The molecule has 104 valence electrons. The summed E-state index contributed by atoms with van der Waals surface area (Å²) in [7, 11) is 0. The van der Waals surface area contributed by atoms with Crippen molar-refractivity contribution in [3.05, 3.63) is 35.5 Å². The Kier molecular flexibility index (Phi) is 3.71. The zero-order valence-corrected chi connectivity index (χ0v) is 11.6. The summed E-state index contributed by atoms with van der Waals surface area (Å²) in [5.41, 5.74) is 1.36. The molecule has 0 unspecified atom stereocenters. The van der Waals surface area contributed by atoms with Crippen LogP contribution in [-0.2, 0) is 4.74 Å². The van der Waals surface area contributed by atoms with Crippen LogP contribution in [0.25, 0.3) is 10.9 Å². The second-order valence-electron chi connectivity index (χ2n) is 4.52. The number of carbonyl (C=O) groups is 1. The third-order valence-corrected chi connectivity index (χ3v) is 3.59. The summed E-state index contributed by atoms with van der Waals surface area (Å²) in [5, 5.41) is 4.34. The second kappa shape index (κ2) is 5.64. The van der Waals surface area contributed by atoms with Crippen molar-refractivity contribution in [2.24, 2.45) is 0 Å². The summed E-state index contributed by atoms with van der Waals surface area (Å²) in [4.78, 5) is 18.2. The monoisotopic (exact) mass is 291 g/mol. The van der Waals surface area contributed by atoms with E-state index in [-0.39, 0.29) is 6.03 Å². The number of nitrogens with zero attached hydrogens (tertiary/aromatic N) is 2. The van der Waals surface area contributed by atoms with E-state index in [1.807, 2.05) is 12.1 Å². The van der Waals surface area contributed by atoms with Gasteiger partial charge in [0.25, 0.3) is 0 Å². The number of ether oxygens (including phenoxy) is 1. The first-order chi connectivity index (χ1) is 9.75. The molecule has 3 rings (SSSR count). The average Bonchev–Trinajstić information content (AvgIpc) is 2.51. The number of pyridine rings is 1. The van der Waals surface area contributed by atoms with Crippen molar-refractivity contribution in [2.45, 2.75) is 0 Å². The first kappa shape index (κ1) is 13.1. The van der Waals surface area contributed by atoms with Crippen molar-refractivity contribution in [3.63, 3.8) is 0 Å². The van der Waals surface area contributed by atoms with E-state index in [4.69, 9.17) is 16.3 Å². The number of fused-ring (bicyclic) bond motifs is 1. The van der Waals surface area contributed by atoms with Crippen LogP contribution in [-0.4, -0.2) is 42.2 Å². The molecule has 0 bridgehead atoms. The van der Waals surface area contributed by atoms with Crippen molar-refractivity contribution in [3.8, 4) is 0 Å². The minimum atomic E-state index is -0.137. The van der Waals surface area contributed by atoms with Gasteiger partial charge in [-0.05, 0) is 24.3 Å². The lowest BCUT2D eigenvalue weighted by molar-refractivity contribution is 0.0565. The molecular formula is C14H14ClN3O2. The van der Waals surface area contributed by atoms with E-state index in [9.17, 15) is 4.79 Å². The largest absolute Gasteiger partial charge is 0.378 e. The number of benzene rings is 1. The smallest absolute Gasteiger partial charge is 0.322 e. The molecule has 0 radical (unpaired) electrons. The van der Waals surface area contributed by atoms with Crippen molar-refractivity contribution in [1.29, 1.82) is 0 Å². The van der Waals surface area contributed by atoms with E-state index in [1.165, 1.54) is 0 Å². The van der Waals surface area contributed by atoms with Gasteiger partial charge in [-0.2, -0.15) is 0 Å². The second-order valence-corrected chi connectivity index (χ2v) is 4.93. The maximum atomic E-state index is 12.2. The minimum absolute atomic E-state index is 0.137. The Hall–Kier alpha value is -1.85. The minimum Gasteiger partial charge on any atom is -0.378 e. The summed E-state index contributed by atoms with van der Waals surface area (Å²) in [6.07, 6.45) is 1.68. The van der Waals surface area contributed by atoms with Gasteiger partial charge in [0.15, 0.2) is 0 Å². The number of amides is 2. The predicted octanol–water partition coefficient (Wildman–Crippen LogP) is 2.75. The fraction of sp³-hybridized carbons (Fsp3) is 0.286. The van der Waals surface area contributed by atoms with Crippen molar-refractivity contribution < 1.29 is 9.53 Å². The van der Waals surface area contributed by atoms with E-state index < -0.39 is 0 Å². The fourth-order valence-corrected chi connectivity index (χ4v) is 2.41. The number of nitrogens with one attached hydrogen (secondary N) is 1. The fourth-order valence-electron chi connectivity index (χ4n) is 2.20. The molecule has 2 amide bonds. The molecule has 6 heteroatoms. The van der Waals surface area contributed by atoms with Crippen LogP contribution >= 0.6 is 11.6 Å². The summed E-state index contributed by atoms with van der Waals surface area (Å²) < 4.78 is 5.23. The average molecular weight is 292 g/mol. The molecule has 1 aromatic carbocycles. The van der Waals surface area contributed by atoms with Gasteiger partial charge in [-0.3, -0.25) is 4.98 Å². The van der Waals surface area contributed by atoms with Gasteiger partial charge < -0.3 is 15.0 Å². The first-order valence-corrected chi connectivity index (χ1v) is 6.80. The van der Waals surface area contributed by atoms with Crippen LogP contribution in [0.5, 0.6) is 0 Å². The molecule has 1 aliphatic heterocycles. The Balaban J connectivity index is 1.87. The lowest BCUT2D eigenvalue weighted by Gasteiger charge is -2.27. The summed E-state index contributed by atoms with van der Waals surface area (Å²) >= 11 is 6.13. The molecule has 0 aliphatic carbocycles. The van der Waals surface area contributed by atoms with Crippen LogP contribution in [0, 0.1) is 0 Å². The lowest BCUT2D eigenvalue weighted by atomic mass is 10.2. The molecule has 1 saturated heterocycles. The Morgan fingerprint density at radius 3 is 2.90 bits per heavy atom. The SMILES string of the molecule is O=C(Nc1ccc(Cl)c2cccnc12)N1CCOCC1. The van der Waals surface area contributed by atoms with Crippen LogP contribution in [0.3, 0.4) is 0 Å². The van der Waals surface area contributed by atoms with Crippen LogP contribution in [0.4, 0.5) is 10.5 Å². The lowest BCUT2D eigenvalue weighted by Crippen LogP contribution is -2.43. The Labute approximate surface area is 121 Å². The molecule has 0 saturated carbocycles. The zero-order valence-electron chi connectivity index (χ0n) is 10.8. The van der Waals surface area contributed by atoms with Gasteiger partial charge in [-0.1, -0.05) is 11.6 Å². The van der Waals surface area contributed by atoms with E-state index >= 15 is 0 Å². The molecule has 20 heavy (non-hydrogen) atoms. The van der Waals surface area contributed by atoms with Crippen LogP contribution in [0.2, 0.25) is 5.02 Å². The number of carbonyl (C=O) groups excluding carboxylic acids is 1. The zero-order chi connectivity index (χ0) is 13.9. The summed E-state index contributed by atoms with van der Waals surface area (Å²) in [6.45, 7) is 2.36. The van der Waals surface area contributed by atoms with Gasteiger partial charge in [-0.15, -0.1) is 0 Å². The molecule has 1 N–H and O–H groups in total. The third-order valence-electron chi connectivity index (χ3n) is 3.26. The maximum Gasteiger partial charge on any atom is 0.322 e. The van der Waals surface area contributed by atoms with Crippen molar-refractivity contribution >= 4 is 34.2 Å². The number of urea groups is 1. The van der Waals surface area contributed by atoms with Gasteiger partial charge in [-0.25, -0.2) is 4.79 Å². The van der Waals surface area contributed by atoms with Crippen LogP contribution in [0.15, 0.2) is 30.5 Å². The third kappa shape index (κ3) is 2.55. The molecule has 5 nitrogen and oxygen atoms in total. The molecular weight excluding hydrogens is 278 g/mol. The van der Waals surface area contributed by atoms with E-state index in [2.05, 4.69) is 10.3 Å². The van der Waals surface area contributed by atoms with E-state index in [1.54, 1.807) is 23.2 Å². The number of halogens is 1. The predicted molar refractivity (Wildman–Crippen MR) is 78.2 cm³/mol. The summed E-state index contributed by atoms with van der Waals surface area (Å²) in [6, 6.07) is 7.11. The topological polar surface area (TPSA) is 54.5 Å². The molecule has 2 aromatic rings. The van der Waals surface area contributed by atoms with Gasteiger partial charge in [0.2, 0.25) is 0 Å². The molecule has 1 fully saturated rings. The normalized spacial score (nSPS) is 15.3. The van der Waals surface area contributed by atoms with Gasteiger partial charge in [0, 0.05) is 24.7 Å². The number of hydrogen-bond acceptors (Lipinski definition) is 3. The van der Waals surface area contributed by atoms with E-state index in [0.29, 0.717) is 42.5 Å². The maximum absolute atomic E-state index is 12.2. The first-order valence-electron chi connectivity index (χ1n) is 6.42. The van der Waals surface area contributed by atoms with E-state index in [0.717, 1.165) is 5.39 Å². The standard InChI is InChI=1S/C14H14ClN3O2/c15-11-3-4-12(13-10(11)2-1-5-16-13)17-14(19)18-6-8-20-9-7-18/h1-5H,6-9H2,(H,17,19). The van der Waals surface area contributed by atoms with Crippen molar-refractivity contribution in [1.82, 2.24) is 9.88 Å². The highest BCUT2D eigenvalue weighted by molar-refractivity contribution is 6.35. The Morgan fingerprint density at radius 2 is 2.10 bits per heavy atom. The quantitative estimate of drug-likeness (QED) is 0.879. The van der Waals surface area contributed by atoms with Crippen LogP contribution < -0.4 is 5.32 Å². The van der Waals surface area contributed by atoms with Gasteiger partial charge in [0.05, 0.1) is 29.4 Å². The Morgan fingerprint density at radius 1 is 1.30 bits per heavy atom. The summed E-state index contributed by atoms with van der Waals surface area (Å²) in [5.74, 6) is 0. The molecule has 1 aliphatic rings. The highest BCUT2D eigenvalue weighted by Crippen LogP contribution is 2.28. The van der Waals surface area contributed by atoms with Gasteiger partial charge in [0.1, 0.15) is 0 Å². The number of anilines is 1. The highest BCUT2D eigenvalue weighted by Gasteiger charge is 2.18. The highest BCUT2D eigenvalue weighted by atomic mass is 35.5. The van der Waals surface area contributed by atoms with Crippen molar-refractivity contribution in [2.75, 3.05) is 31.6 Å². The Bertz CT molecular complexity index is 641. The molecule has 0 atom stereocenters. The number of hydrogen-bond donors (Lipinski definition) is 1.